The Kier molecular flexibility index (Phi) is 3.36. The van der Waals surface area contributed by atoms with E-state index in [1.165, 1.54) is 0 Å². The third-order valence-electron chi connectivity index (χ3n) is 2.56. The monoisotopic (exact) mass is 222 g/mol. The van der Waals surface area contributed by atoms with Crippen molar-refractivity contribution < 1.29 is 4.79 Å². The molecule has 0 saturated heterocycles. The summed E-state index contributed by atoms with van der Waals surface area (Å²) >= 11 is 1.70. The minimum Gasteiger partial charge on any atom is -0.294 e. The van der Waals surface area contributed by atoms with Gasteiger partial charge in [-0.1, -0.05) is 0 Å². The molecule has 1 aromatic heterocycles. The van der Waals surface area contributed by atoms with Crippen LogP contribution in [0.25, 0.3) is 0 Å². The molecule has 3 nitrogen and oxygen atoms in total. The van der Waals surface area contributed by atoms with Crippen LogP contribution in [0.3, 0.4) is 0 Å². The average Bonchev–Trinajstić information content (AvgIpc) is 2.41. The van der Waals surface area contributed by atoms with Gasteiger partial charge in [0.1, 0.15) is 5.82 Å². The molecule has 0 spiro atoms. The fourth-order valence-corrected chi connectivity index (χ4v) is 2.19. The minimum atomic E-state index is 0.207. The molecule has 0 bridgehead atoms. The Labute approximate surface area is 93.7 Å². The van der Waals surface area contributed by atoms with E-state index in [-0.39, 0.29) is 5.78 Å². The van der Waals surface area contributed by atoms with Gasteiger partial charge in [0.25, 0.3) is 0 Å². The van der Waals surface area contributed by atoms with Crippen LogP contribution in [-0.4, -0.2) is 22.0 Å². The molecule has 0 fully saturated rings. The largest absolute Gasteiger partial charge is 0.294 e. The van der Waals surface area contributed by atoms with Gasteiger partial charge in [-0.2, -0.15) is 11.8 Å². The maximum absolute atomic E-state index is 11.7. The van der Waals surface area contributed by atoms with Gasteiger partial charge in [-0.15, -0.1) is 0 Å². The standard InChI is InChI=1S/C11H14N2OS/c1-15-7-11-12-6-8-9(13-11)4-2-3-5-10(8)14/h6H,2-5,7H2,1H3. The predicted octanol–water partition coefficient (Wildman–Crippen LogP) is 2.25. The van der Waals surface area contributed by atoms with Crippen molar-refractivity contribution in [1.29, 1.82) is 0 Å². The number of ketones is 1. The second kappa shape index (κ2) is 4.75. The molecule has 1 heterocycles. The number of rotatable bonds is 2. The summed E-state index contributed by atoms with van der Waals surface area (Å²) < 4.78 is 0. The summed E-state index contributed by atoms with van der Waals surface area (Å²) in [4.78, 5) is 20.4. The number of Topliss-reactive ketones (excluding diaryl/α,β-unsaturated/α-hetero) is 1. The van der Waals surface area contributed by atoms with Gasteiger partial charge in [0, 0.05) is 12.6 Å². The van der Waals surface area contributed by atoms with Gasteiger partial charge in [-0.05, 0) is 25.5 Å². The van der Waals surface area contributed by atoms with Crippen molar-refractivity contribution >= 4 is 17.5 Å². The number of carbonyl (C=O) groups is 1. The van der Waals surface area contributed by atoms with E-state index in [1.54, 1.807) is 18.0 Å². The smallest absolute Gasteiger partial charge is 0.166 e. The van der Waals surface area contributed by atoms with Crippen LogP contribution in [-0.2, 0) is 12.2 Å². The molecule has 0 amide bonds. The lowest BCUT2D eigenvalue weighted by Gasteiger charge is -2.04. The predicted molar refractivity (Wildman–Crippen MR) is 61.1 cm³/mol. The van der Waals surface area contributed by atoms with E-state index in [0.717, 1.165) is 42.1 Å². The average molecular weight is 222 g/mol. The molecule has 0 unspecified atom stereocenters. The number of fused-ring (bicyclic) bond motifs is 1. The Morgan fingerprint density at radius 1 is 1.40 bits per heavy atom. The van der Waals surface area contributed by atoms with E-state index in [2.05, 4.69) is 9.97 Å². The van der Waals surface area contributed by atoms with Crippen LogP contribution in [0.2, 0.25) is 0 Å². The zero-order valence-electron chi connectivity index (χ0n) is 8.82. The molecule has 0 radical (unpaired) electrons. The minimum absolute atomic E-state index is 0.207. The van der Waals surface area contributed by atoms with Crippen molar-refractivity contribution in [3.05, 3.63) is 23.3 Å². The molecule has 0 N–H and O–H groups in total. The normalized spacial score (nSPS) is 15.9. The van der Waals surface area contributed by atoms with Crippen LogP contribution in [0.4, 0.5) is 0 Å². The second-order valence-corrected chi connectivity index (χ2v) is 4.58. The molecule has 1 aliphatic rings. The maximum atomic E-state index is 11.7. The summed E-state index contributed by atoms with van der Waals surface area (Å²) in [6.07, 6.45) is 7.35. The molecule has 1 aromatic rings. The van der Waals surface area contributed by atoms with Crippen molar-refractivity contribution in [3.63, 3.8) is 0 Å². The molecule has 15 heavy (non-hydrogen) atoms. The van der Waals surface area contributed by atoms with E-state index in [4.69, 9.17) is 0 Å². The van der Waals surface area contributed by atoms with E-state index in [0.29, 0.717) is 6.42 Å². The fourth-order valence-electron chi connectivity index (χ4n) is 1.79. The molecule has 0 atom stereocenters. The SMILES string of the molecule is CSCc1ncc2c(n1)CCCCC2=O. The quantitative estimate of drug-likeness (QED) is 0.720. The van der Waals surface area contributed by atoms with Crippen molar-refractivity contribution in [3.8, 4) is 0 Å². The van der Waals surface area contributed by atoms with Crippen LogP contribution >= 0.6 is 11.8 Å². The molecule has 0 saturated carbocycles. The summed E-state index contributed by atoms with van der Waals surface area (Å²) in [5.41, 5.74) is 1.70. The molecule has 80 valence electrons. The van der Waals surface area contributed by atoms with Gasteiger partial charge < -0.3 is 0 Å². The van der Waals surface area contributed by atoms with Gasteiger partial charge in [0.15, 0.2) is 5.78 Å². The summed E-state index contributed by atoms with van der Waals surface area (Å²) in [5.74, 6) is 1.87. The molecule has 4 heteroatoms. The number of aryl methyl sites for hydroxylation is 1. The summed E-state index contributed by atoms with van der Waals surface area (Å²) in [7, 11) is 0. The first-order valence-electron chi connectivity index (χ1n) is 5.18. The summed E-state index contributed by atoms with van der Waals surface area (Å²) in [6, 6.07) is 0. The maximum Gasteiger partial charge on any atom is 0.166 e. The van der Waals surface area contributed by atoms with E-state index >= 15 is 0 Å². The molecule has 0 aliphatic heterocycles. The fraction of sp³-hybridized carbons (Fsp3) is 0.545. The van der Waals surface area contributed by atoms with Gasteiger partial charge in [-0.3, -0.25) is 4.79 Å². The Bertz CT molecular complexity index is 379. The van der Waals surface area contributed by atoms with Crippen LogP contribution in [0.5, 0.6) is 0 Å². The van der Waals surface area contributed by atoms with Gasteiger partial charge >= 0.3 is 0 Å². The molecular formula is C11H14N2OS. The first-order chi connectivity index (χ1) is 7.31. The number of carbonyl (C=O) groups excluding carboxylic acids is 1. The van der Waals surface area contributed by atoms with Crippen LogP contribution in [0.15, 0.2) is 6.20 Å². The highest BCUT2D eigenvalue weighted by Gasteiger charge is 2.17. The van der Waals surface area contributed by atoms with Gasteiger partial charge in [0.05, 0.1) is 17.0 Å². The number of nitrogens with zero attached hydrogens (tertiary/aromatic N) is 2. The topological polar surface area (TPSA) is 42.9 Å². The Balaban J connectivity index is 2.33. The Morgan fingerprint density at radius 3 is 3.00 bits per heavy atom. The van der Waals surface area contributed by atoms with Crippen molar-refractivity contribution in [2.45, 2.75) is 31.4 Å². The molecule has 0 aromatic carbocycles. The Hall–Kier alpha value is -0.900. The summed E-state index contributed by atoms with van der Waals surface area (Å²) in [5, 5.41) is 0. The highest BCUT2D eigenvalue weighted by atomic mass is 32.2. The van der Waals surface area contributed by atoms with Crippen molar-refractivity contribution in [1.82, 2.24) is 9.97 Å². The van der Waals surface area contributed by atoms with Crippen LogP contribution in [0.1, 0.15) is 41.1 Å². The number of hydrogen-bond donors (Lipinski definition) is 0. The molecular weight excluding hydrogens is 208 g/mol. The van der Waals surface area contributed by atoms with Crippen molar-refractivity contribution in [2.24, 2.45) is 0 Å². The van der Waals surface area contributed by atoms with E-state index in [1.807, 2.05) is 6.26 Å². The van der Waals surface area contributed by atoms with Crippen LogP contribution < -0.4 is 0 Å². The zero-order chi connectivity index (χ0) is 10.7. The third-order valence-corrected chi connectivity index (χ3v) is 3.11. The first kappa shape index (κ1) is 10.6. The second-order valence-electron chi connectivity index (χ2n) is 3.71. The van der Waals surface area contributed by atoms with E-state index in [9.17, 15) is 4.79 Å². The molecule has 2 rings (SSSR count). The number of hydrogen-bond acceptors (Lipinski definition) is 4. The lowest BCUT2D eigenvalue weighted by molar-refractivity contribution is 0.0981. The zero-order valence-corrected chi connectivity index (χ0v) is 9.64. The van der Waals surface area contributed by atoms with E-state index < -0.39 is 0 Å². The third kappa shape index (κ3) is 2.37. The Morgan fingerprint density at radius 2 is 2.20 bits per heavy atom. The lowest BCUT2D eigenvalue weighted by atomic mass is 10.1. The highest BCUT2D eigenvalue weighted by Crippen LogP contribution is 2.19. The van der Waals surface area contributed by atoms with Gasteiger partial charge in [0.2, 0.25) is 0 Å². The number of thioether (sulfide) groups is 1. The van der Waals surface area contributed by atoms with Crippen molar-refractivity contribution in [2.75, 3.05) is 6.26 Å². The first-order valence-corrected chi connectivity index (χ1v) is 6.57. The number of aromatic nitrogens is 2. The lowest BCUT2D eigenvalue weighted by Crippen LogP contribution is -2.06. The molecule has 1 aliphatic carbocycles. The van der Waals surface area contributed by atoms with Gasteiger partial charge in [-0.25, -0.2) is 9.97 Å². The highest BCUT2D eigenvalue weighted by molar-refractivity contribution is 7.97. The summed E-state index contributed by atoms with van der Waals surface area (Å²) in [6.45, 7) is 0. The van der Waals surface area contributed by atoms with Crippen LogP contribution in [0, 0.1) is 0 Å².